The number of carbonyl (C=O) groups excluding carboxylic acids is 1. The van der Waals surface area contributed by atoms with Crippen molar-refractivity contribution >= 4 is 22.0 Å². The molecular weight excluding hydrogens is 428 g/mol. The van der Waals surface area contributed by atoms with Crippen LogP contribution in [0.5, 0.6) is 0 Å². The average Bonchev–Trinajstić information content (AvgIpc) is 3.18. The summed E-state index contributed by atoms with van der Waals surface area (Å²) in [7, 11) is 0. The van der Waals surface area contributed by atoms with Gasteiger partial charge in [-0.15, -0.1) is 0 Å². The zero-order valence-electron chi connectivity index (χ0n) is 17.2. The van der Waals surface area contributed by atoms with Crippen LogP contribution >= 0.6 is 15.9 Å². The second-order valence-corrected chi connectivity index (χ2v) is 9.48. The fourth-order valence-electron chi connectivity index (χ4n) is 4.01. The summed E-state index contributed by atoms with van der Waals surface area (Å²) in [6, 6.07) is 20.6. The van der Waals surface area contributed by atoms with Gasteiger partial charge in [-0.25, -0.2) is 4.79 Å². The number of hydrogen-bond acceptors (Lipinski definition) is 3. The topological polar surface area (TPSA) is 53.3 Å². The Hall–Kier alpha value is -2.32. The number of hydrogen-bond donors (Lipinski definition) is 0. The summed E-state index contributed by atoms with van der Waals surface area (Å²) in [4.78, 5) is 14.3. The van der Waals surface area contributed by atoms with Gasteiger partial charge in [0.1, 0.15) is 5.60 Å². The summed E-state index contributed by atoms with van der Waals surface area (Å²) < 4.78 is 6.55. The molecule has 1 heterocycles. The second kappa shape index (κ2) is 8.59. The fraction of sp³-hybridized carbons (Fsp3) is 0.417. The Morgan fingerprint density at radius 2 is 1.83 bits per heavy atom. The lowest BCUT2D eigenvalue weighted by Crippen LogP contribution is -2.40. The first-order valence-corrected chi connectivity index (χ1v) is 10.7. The van der Waals surface area contributed by atoms with Gasteiger partial charge in [0, 0.05) is 23.5 Å². The molecule has 0 radical (unpaired) electrons. The Kier molecular flexibility index (Phi) is 6.33. The Morgan fingerprint density at radius 3 is 2.45 bits per heavy atom. The zero-order chi connectivity index (χ0) is 21.1. The molecule has 2 aromatic rings. The number of rotatable bonds is 4. The van der Waals surface area contributed by atoms with Crippen molar-refractivity contribution < 1.29 is 9.53 Å². The van der Waals surface area contributed by atoms with Crippen molar-refractivity contribution in [3.8, 4) is 6.07 Å². The largest absolute Gasteiger partial charge is 0.444 e. The van der Waals surface area contributed by atoms with Gasteiger partial charge >= 0.3 is 6.09 Å². The van der Waals surface area contributed by atoms with E-state index in [1.807, 2.05) is 69.3 Å². The van der Waals surface area contributed by atoms with Crippen molar-refractivity contribution in [2.45, 2.75) is 44.6 Å². The molecule has 5 heteroatoms. The molecular formula is C24H27BrN2O2. The lowest BCUT2D eigenvalue weighted by molar-refractivity contribution is 0.0283. The van der Waals surface area contributed by atoms with Crippen LogP contribution in [0.3, 0.4) is 0 Å². The number of amides is 1. The predicted molar refractivity (Wildman–Crippen MR) is 117 cm³/mol. The van der Waals surface area contributed by atoms with Crippen LogP contribution in [0.4, 0.5) is 4.79 Å². The van der Waals surface area contributed by atoms with E-state index in [1.54, 1.807) is 4.90 Å². The smallest absolute Gasteiger partial charge is 0.410 e. The molecule has 152 valence electrons. The van der Waals surface area contributed by atoms with E-state index in [0.29, 0.717) is 19.5 Å². The van der Waals surface area contributed by atoms with Crippen molar-refractivity contribution in [3.05, 3.63) is 70.2 Å². The molecule has 0 bridgehead atoms. The standard InChI is InChI=1S/C24H27BrN2O2/c1-23(2,3)29-22(28)27-14-13-20(16-27)24(17-26,19-10-5-4-6-11-19)15-18-9-7-8-12-21(18)25/h4-12,20H,13-16H2,1-3H3. The maximum Gasteiger partial charge on any atom is 0.410 e. The van der Waals surface area contributed by atoms with Gasteiger partial charge in [-0.3, -0.25) is 0 Å². The second-order valence-electron chi connectivity index (χ2n) is 8.63. The Balaban J connectivity index is 1.93. The molecule has 1 fully saturated rings. The molecule has 1 aliphatic heterocycles. The Labute approximate surface area is 181 Å². The number of likely N-dealkylation sites (tertiary alicyclic amines) is 1. The van der Waals surface area contributed by atoms with Crippen molar-refractivity contribution in [1.29, 1.82) is 5.26 Å². The fourth-order valence-corrected chi connectivity index (χ4v) is 4.43. The lowest BCUT2D eigenvalue weighted by Gasteiger charge is -2.34. The number of halogens is 1. The highest BCUT2D eigenvalue weighted by Crippen LogP contribution is 2.42. The maximum atomic E-state index is 12.6. The van der Waals surface area contributed by atoms with Crippen LogP contribution in [0.15, 0.2) is 59.1 Å². The first-order valence-electron chi connectivity index (χ1n) is 9.93. The molecule has 3 rings (SSSR count). The molecule has 1 saturated heterocycles. The predicted octanol–water partition coefficient (Wildman–Crippen LogP) is 5.71. The molecule has 2 aromatic carbocycles. The van der Waals surface area contributed by atoms with Gasteiger partial charge in [0.15, 0.2) is 0 Å². The van der Waals surface area contributed by atoms with Crippen LogP contribution in [0.25, 0.3) is 0 Å². The normalized spacial score (nSPS) is 18.7. The third kappa shape index (κ3) is 4.82. The lowest BCUT2D eigenvalue weighted by atomic mass is 9.67. The van der Waals surface area contributed by atoms with Crippen LogP contribution < -0.4 is 0 Å². The van der Waals surface area contributed by atoms with Crippen LogP contribution in [0.2, 0.25) is 0 Å². The van der Waals surface area contributed by atoms with Gasteiger partial charge < -0.3 is 9.64 Å². The number of carbonyl (C=O) groups is 1. The first kappa shape index (κ1) is 21.4. The highest BCUT2D eigenvalue weighted by Gasteiger charge is 2.46. The van der Waals surface area contributed by atoms with E-state index >= 15 is 0 Å². The third-order valence-electron chi connectivity index (χ3n) is 5.45. The van der Waals surface area contributed by atoms with Gasteiger partial charge in [-0.05, 0) is 50.8 Å². The number of nitriles is 1. The first-order chi connectivity index (χ1) is 13.7. The molecule has 0 spiro atoms. The summed E-state index contributed by atoms with van der Waals surface area (Å²) in [5.41, 5.74) is 0.834. The molecule has 1 aliphatic rings. The van der Waals surface area contributed by atoms with E-state index in [2.05, 4.69) is 28.1 Å². The van der Waals surface area contributed by atoms with Gasteiger partial charge in [0.05, 0.1) is 11.5 Å². The summed E-state index contributed by atoms with van der Waals surface area (Å²) in [5.74, 6) is 0.0227. The van der Waals surface area contributed by atoms with Gasteiger partial charge in [0.25, 0.3) is 0 Å². The minimum Gasteiger partial charge on any atom is -0.444 e. The Bertz CT molecular complexity index is 901. The molecule has 0 aromatic heterocycles. The molecule has 1 amide bonds. The van der Waals surface area contributed by atoms with Crippen LogP contribution in [0, 0.1) is 17.2 Å². The highest BCUT2D eigenvalue weighted by atomic mass is 79.9. The Morgan fingerprint density at radius 1 is 1.17 bits per heavy atom. The van der Waals surface area contributed by atoms with E-state index < -0.39 is 11.0 Å². The summed E-state index contributed by atoms with van der Waals surface area (Å²) >= 11 is 3.63. The molecule has 0 aliphatic carbocycles. The molecule has 0 N–H and O–H groups in total. The average molecular weight is 455 g/mol. The van der Waals surface area contributed by atoms with Crippen molar-refractivity contribution in [2.24, 2.45) is 5.92 Å². The maximum absolute atomic E-state index is 12.6. The van der Waals surface area contributed by atoms with Crippen LogP contribution in [-0.4, -0.2) is 29.7 Å². The zero-order valence-corrected chi connectivity index (χ0v) is 18.8. The van der Waals surface area contributed by atoms with Crippen LogP contribution in [0.1, 0.15) is 38.3 Å². The van der Waals surface area contributed by atoms with E-state index in [1.165, 1.54) is 0 Å². The minimum atomic E-state index is -0.720. The monoisotopic (exact) mass is 454 g/mol. The minimum absolute atomic E-state index is 0.0227. The quantitative estimate of drug-likeness (QED) is 0.594. The van der Waals surface area contributed by atoms with E-state index in [-0.39, 0.29) is 12.0 Å². The number of benzene rings is 2. The van der Waals surface area contributed by atoms with E-state index in [4.69, 9.17) is 4.74 Å². The van der Waals surface area contributed by atoms with Crippen molar-refractivity contribution in [3.63, 3.8) is 0 Å². The molecule has 4 nitrogen and oxygen atoms in total. The molecule has 2 unspecified atom stereocenters. The molecule has 2 atom stereocenters. The SMILES string of the molecule is CC(C)(C)OC(=O)N1CCC(C(C#N)(Cc2ccccc2Br)c2ccccc2)C1. The molecule has 0 saturated carbocycles. The van der Waals surface area contributed by atoms with E-state index in [0.717, 1.165) is 22.0 Å². The molecule has 29 heavy (non-hydrogen) atoms. The van der Waals surface area contributed by atoms with Gasteiger partial charge in [0.2, 0.25) is 0 Å². The summed E-state index contributed by atoms with van der Waals surface area (Å²) in [6.45, 7) is 6.73. The van der Waals surface area contributed by atoms with Gasteiger partial charge in [-0.1, -0.05) is 64.5 Å². The third-order valence-corrected chi connectivity index (χ3v) is 6.23. The van der Waals surface area contributed by atoms with Crippen LogP contribution in [-0.2, 0) is 16.6 Å². The van der Waals surface area contributed by atoms with Crippen molar-refractivity contribution in [2.75, 3.05) is 13.1 Å². The van der Waals surface area contributed by atoms with Gasteiger partial charge in [-0.2, -0.15) is 5.26 Å². The number of nitrogens with zero attached hydrogens (tertiary/aromatic N) is 2. The summed E-state index contributed by atoms with van der Waals surface area (Å²) in [6.07, 6.45) is 1.05. The van der Waals surface area contributed by atoms with E-state index in [9.17, 15) is 10.1 Å². The highest BCUT2D eigenvalue weighted by molar-refractivity contribution is 9.10. The van der Waals surface area contributed by atoms with Crippen molar-refractivity contribution in [1.82, 2.24) is 4.90 Å². The summed E-state index contributed by atoms with van der Waals surface area (Å²) in [5, 5.41) is 10.5. The number of ether oxygens (including phenoxy) is 1.